The molecule has 0 unspecified atom stereocenters. The highest BCUT2D eigenvalue weighted by Gasteiger charge is 2.46. The standard InChI is InChI=1S/C24H30N2O4/c1-15(27)16-8-10-17(11-9-16)20-14-19-12-13-21(22(20)23(28)30-2)26(19)24(29)25-18-6-4-3-5-7-18/h8-11,18-19,21H,3-7,12-14H2,1-2H3,(H,25,29)/t19-,21+/m0/s1. The summed E-state index contributed by atoms with van der Waals surface area (Å²) in [5, 5.41) is 3.22. The Morgan fingerprint density at radius 1 is 1.00 bits per heavy atom. The minimum atomic E-state index is -0.374. The molecule has 1 saturated carbocycles. The number of hydrogen-bond acceptors (Lipinski definition) is 4. The van der Waals surface area contributed by atoms with E-state index in [9.17, 15) is 14.4 Å². The van der Waals surface area contributed by atoms with E-state index < -0.39 is 0 Å². The Labute approximate surface area is 177 Å². The summed E-state index contributed by atoms with van der Waals surface area (Å²) in [6.45, 7) is 1.54. The van der Waals surface area contributed by atoms with E-state index >= 15 is 0 Å². The van der Waals surface area contributed by atoms with Gasteiger partial charge in [0.15, 0.2) is 5.78 Å². The Morgan fingerprint density at radius 3 is 2.33 bits per heavy atom. The number of ether oxygens (including phenoxy) is 1. The van der Waals surface area contributed by atoms with E-state index in [4.69, 9.17) is 4.74 Å². The molecule has 6 nitrogen and oxygen atoms in total. The maximum atomic E-state index is 13.1. The van der Waals surface area contributed by atoms with Crippen LogP contribution < -0.4 is 5.32 Å². The number of carbonyl (C=O) groups is 3. The first-order valence-corrected chi connectivity index (χ1v) is 11.0. The fourth-order valence-corrected chi connectivity index (χ4v) is 5.27. The minimum Gasteiger partial charge on any atom is -0.466 e. The number of rotatable bonds is 4. The lowest BCUT2D eigenvalue weighted by Crippen LogP contribution is -2.53. The van der Waals surface area contributed by atoms with E-state index in [2.05, 4.69) is 5.32 Å². The fraction of sp³-hybridized carbons (Fsp3) is 0.542. The Bertz CT molecular complexity index is 868. The largest absolute Gasteiger partial charge is 0.466 e. The second-order valence-electron chi connectivity index (χ2n) is 8.66. The molecule has 1 aromatic carbocycles. The predicted molar refractivity (Wildman–Crippen MR) is 114 cm³/mol. The molecule has 1 aliphatic carbocycles. The number of urea groups is 1. The van der Waals surface area contributed by atoms with Crippen molar-refractivity contribution in [2.45, 2.75) is 76.4 Å². The van der Waals surface area contributed by atoms with Crippen LogP contribution in [0.25, 0.3) is 5.57 Å². The van der Waals surface area contributed by atoms with Gasteiger partial charge >= 0.3 is 12.0 Å². The minimum absolute atomic E-state index is 0.0120. The first-order valence-electron chi connectivity index (χ1n) is 11.0. The number of ketones is 1. The van der Waals surface area contributed by atoms with Gasteiger partial charge < -0.3 is 15.0 Å². The molecule has 1 saturated heterocycles. The number of hydrogen-bond donors (Lipinski definition) is 1. The average molecular weight is 411 g/mol. The highest BCUT2D eigenvalue weighted by Crippen LogP contribution is 2.43. The smallest absolute Gasteiger partial charge is 0.336 e. The first-order chi connectivity index (χ1) is 14.5. The van der Waals surface area contributed by atoms with E-state index in [0.29, 0.717) is 17.6 Å². The van der Waals surface area contributed by atoms with Gasteiger partial charge in [-0.1, -0.05) is 43.5 Å². The third kappa shape index (κ3) is 3.87. The molecule has 2 amide bonds. The van der Waals surface area contributed by atoms with Crippen LogP contribution in [0.1, 0.15) is 74.2 Å². The summed E-state index contributed by atoms with van der Waals surface area (Å²) < 4.78 is 5.12. The van der Waals surface area contributed by atoms with Crippen molar-refractivity contribution < 1.29 is 19.1 Å². The van der Waals surface area contributed by atoms with Gasteiger partial charge in [0.1, 0.15) is 0 Å². The molecule has 1 N–H and O–H groups in total. The van der Waals surface area contributed by atoms with E-state index in [0.717, 1.165) is 49.7 Å². The molecule has 2 atom stereocenters. The topological polar surface area (TPSA) is 75.7 Å². The number of nitrogens with zero attached hydrogens (tertiary/aromatic N) is 1. The molecule has 2 aliphatic heterocycles. The van der Waals surface area contributed by atoms with Crippen molar-refractivity contribution in [3.63, 3.8) is 0 Å². The fourth-order valence-electron chi connectivity index (χ4n) is 5.27. The molecule has 4 rings (SSSR count). The quantitative estimate of drug-likeness (QED) is 0.599. The van der Waals surface area contributed by atoms with Gasteiger partial charge in [-0.05, 0) is 50.2 Å². The molecule has 2 fully saturated rings. The zero-order chi connectivity index (χ0) is 21.3. The van der Waals surface area contributed by atoms with Crippen LogP contribution in [0.4, 0.5) is 4.79 Å². The summed E-state index contributed by atoms with van der Waals surface area (Å²) in [5.74, 6) is -0.362. The number of nitrogens with one attached hydrogen (secondary N) is 1. The lowest BCUT2D eigenvalue weighted by Gasteiger charge is -2.38. The Kier molecular flexibility index (Phi) is 5.93. The average Bonchev–Trinajstić information content (AvgIpc) is 3.07. The van der Waals surface area contributed by atoms with Crippen molar-refractivity contribution in [2.24, 2.45) is 0 Å². The first kappa shape index (κ1) is 20.6. The molecule has 0 aromatic heterocycles. The number of benzene rings is 1. The van der Waals surface area contributed by atoms with Gasteiger partial charge in [-0.2, -0.15) is 0 Å². The number of esters is 1. The highest BCUT2D eigenvalue weighted by molar-refractivity contribution is 6.01. The van der Waals surface area contributed by atoms with Crippen molar-refractivity contribution in [1.29, 1.82) is 0 Å². The van der Waals surface area contributed by atoms with Gasteiger partial charge in [0.2, 0.25) is 0 Å². The van der Waals surface area contributed by atoms with Crippen molar-refractivity contribution in [2.75, 3.05) is 7.11 Å². The van der Waals surface area contributed by atoms with Gasteiger partial charge in [0.05, 0.1) is 18.7 Å². The zero-order valence-electron chi connectivity index (χ0n) is 17.8. The molecule has 0 radical (unpaired) electrons. The molecule has 160 valence electrons. The number of fused-ring (bicyclic) bond motifs is 2. The zero-order valence-corrected chi connectivity index (χ0v) is 17.8. The summed E-state index contributed by atoms with van der Waals surface area (Å²) in [6.07, 6.45) is 7.88. The van der Waals surface area contributed by atoms with Gasteiger partial charge in [0.25, 0.3) is 0 Å². The van der Waals surface area contributed by atoms with Gasteiger partial charge in [-0.3, -0.25) is 4.79 Å². The maximum absolute atomic E-state index is 13.1. The summed E-state index contributed by atoms with van der Waals surface area (Å²) in [5.41, 5.74) is 3.09. The SMILES string of the molecule is COC(=O)C1=C(c2ccc(C(C)=O)cc2)C[C@@H]2CC[C@H]1N2C(=O)NC1CCCCC1. The van der Waals surface area contributed by atoms with E-state index in [1.54, 1.807) is 12.1 Å². The second-order valence-corrected chi connectivity index (χ2v) is 8.66. The molecule has 6 heteroatoms. The van der Waals surface area contributed by atoms with Crippen LogP contribution in [0, 0.1) is 0 Å². The molecule has 0 spiro atoms. The van der Waals surface area contributed by atoms with Crippen LogP contribution in [-0.4, -0.2) is 47.9 Å². The van der Waals surface area contributed by atoms with E-state index in [-0.39, 0.29) is 35.9 Å². The molecule has 30 heavy (non-hydrogen) atoms. The Balaban J connectivity index is 1.63. The third-order valence-electron chi connectivity index (χ3n) is 6.81. The molecular formula is C24H30N2O4. The normalized spacial score (nSPS) is 24.0. The maximum Gasteiger partial charge on any atom is 0.336 e. The molecule has 2 heterocycles. The highest BCUT2D eigenvalue weighted by atomic mass is 16.5. The van der Waals surface area contributed by atoms with Crippen molar-refractivity contribution in [3.05, 3.63) is 41.0 Å². The van der Waals surface area contributed by atoms with Gasteiger partial charge in [0, 0.05) is 17.6 Å². The van der Waals surface area contributed by atoms with Crippen LogP contribution in [0.5, 0.6) is 0 Å². The lowest BCUT2D eigenvalue weighted by atomic mass is 9.88. The van der Waals surface area contributed by atoms with Crippen molar-refractivity contribution >= 4 is 23.4 Å². The number of carbonyl (C=O) groups excluding carboxylic acids is 3. The molecular weight excluding hydrogens is 380 g/mol. The van der Waals surface area contributed by atoms with Gasteiger partial charge in [-0.15, -0.1) is 0 Å². The Hall–Kier alpha value is -2.63. The van der Waals surface area contributed by atoms with Crippen LogP contribution in [0.3, 0.4) is 0 Å². The second kappa shape index (κ2) is 8.62. The van der Waals surface area contributed by atoms with Crippen molar-refractivity contribution in [1.82, 2.24) is 10.2 Å². The summed E-state index contributed by atoms with van der Waals surface area (Å²) in [4.78, 5) is 39.4. The summed E-state index contributed by atoms with van der Waals surface area (Å²) in [6, 6.07) is 7.38. The number of amides is 2. The number of methoxy groups -OCH3 is 1. The van der Waals surface area contributed by atoms with Crippen LogP contribution in [0.15, 0.2) is 29.8 Å². The lowest BCUT2D eigenvalue weighted by molar-refractivity contribution is -0.136. The Morgan fingerprint density at radius 2 is 1.70 bits per heavy atom. The summed E-state index contributed by atoms with van der Waals surface area (Å²) >= 11 is 0. The third-order valence-corrected chi connectivity index (χ3v) is 6.81. The van der Waals surface area contributed by atoms with Crippen LogP contribution >= 0.6 is 0 Å². The van der Waals surface area contributed by atoms with Gasteiger partial charge in [-0.25, -0.2) is 9.59 Å². The van der Waals surface area contributed by atoms with E-state index in [1.165, 1.54) is 20.5 Å². The van der Waals surface area contributed by atoms with Crippen molar-refractivity contribution in [3.8, 4) is 0 Å². The predicted octanol–water partition coefficient (Wildman–Crippen LogP) is 4.09. The molecule has 1 aromatic rings. The monoisotopic (exact) mass is 410 g/mol. The van der Waals surface area contributed by atoms with E-state index in [1.807, 2.05) is 17.0 Å². The van der Waals surface area contributed by atoms with Crippen LogP contribution in [-0.2, 0) is 9.53 Å². The number of Topliss-reactive ketones (excluding diaryl/α,β-unsaturated/α-hetero) is 1. The molecule has 3 aliphatic rings. The summed E-state index contributed by atoms with van der Waals surface area (Å²) in [7, 11) is 1.39. The van der Waals surface area contributed by atoms with Crippen LogP contribution in [0.2, 0.25) is 0 Å². The molecule has 2 bridgehead atoms.